The molecule has 0 nitrogen and oxygen atoms in total. The molecule has 4 fully saturated rings. The summed E-state index contributed by atoms with van der Waals surface area (Å²) in [5, 5.41) is 0. The molecule has 0 heterocycles. The Morgan fingerprint density at radius 1 is 0.727 bits per heavy atom. The molecule has 0 spiro atoms. The van der Waals surface area contributed by atoms with Crippen molar-refractivity contribution >= 4 is 9.24 Å². The summed E-state index contributed by atoms with van der Waals surface area (Å²) in [5.41, 5.74) is 1.00. The highest BCUT2D eigenvalue weighted by atomic mass is 31.0. The van der Waals surface area contributed by atoms with Gasteiger partial charge in [-0.05, 0) is 61.4 Å². The molecule has 4 saturated carbocycles. The molecule has 0 aromatic rings. The molecule has 4 bridgehead atoms. The van der Waals surface area contributed by atoms with E-state index in [0.29, 0.717) is 0 Å². The van der Waals surface area contributed by atoms with E-state index in [0.717, 1.165) is 29.3 Å². The van der Waals surface area contributed by atoms with Crippen molar-refractivity contribution in [3.63, 3.8) is 0 Å². The predicted molar refractivity (Wildman–Crippen MR) is 50.5 cm³/mol. The smallest absolute Gasteiger partial charge is 0.0207 e. The van der Waals surface area contributed by atoms with Crippen LogP contribution in [-0.4, -0.2) is 5.66 Å². The van der Waals surface area contributed by atoms with Crippen LogP contribution in [0.3, 0.4) is 0 Å². The molecule has 0 aromatic carbocycles. The summed E-state index contributed by atoms with van der Waals surface area (Å²) in [4.78, 5) is 0. The minimum Gasteiger partial charge on any atom is -0.134 e. The monoisotopic (exact) mass is 168 g/mol. The standard InChI is InChI=1S/C10H17P/c11-10-8-2-6-1-7(4-8)5-9(10)3-6/h6-10H,1-5,11H2. The van der Waals surface area contributed by atoms with Gasteiger partial charge >= 0.3 is 0 Å². The van der Waals surface area contributed by atoms with Gasteiger partial charge in [0, 0.05) is 0 Å². The highest BCUT2D eigenvalue weighted by Gasteiger charge is 2.46. The second-order valence-electron chi connectivity index (χ2n) is 5.01. The Morgan fingerprint density at radius 3 is 1.64 bits per heavy atom. The molecule has 1 atom stereocenters. The number of hydrogen-bond donors (Lipinski definition) is 0. The van der Waals surface area contributed by atoms with Crippen molar-refractivity contribution in [1.29, 1.82) is 0 Å². The third-order valence-corrected chi connectivity index (χ3v) is 5.39. The molecule has 4 rings (SSSR count). The molecule has 0 N–H and O–H groups in total. The zero-order valence-electron chi connectivity index (χ0n) is 7.00. The lowest BCUT2D eigenvalue weighted by molar-refractivity contribution is 0.0264. The van der Waals surface area contributed by atoms with E-state index in [1.54, 1.807) is 32.1 Å². The summed E-state index contributed by atoms with van der Waals surface area (Å²) in [6, 6.07) is 0. The van der Waals surface area contributed by atoms with Gasteiger partial charge < -0.3 is 0 Å². The predicted octanol–water partition coefficient (Wildman–Crippen LogP) is 2.69. The van der Waals surface area contributed by atoms with Crippen LogP contribution >= 0.6 is 9.24 Å². The molecule has 1 unspecified atom stereocenters. The van der Waals surface area contributed by atoms with E-state index in [1.807, 2.05) is 0 Å². The van der Waals surface area contributed by atoms with Crippen LogP contribution in [0.1, 0.15) is 32.1 Å². The molecular formula is C10H17P. The Bertz CT molecular complexity index is 148. The number of rotatable bonds is 0. The van der Waals surface area contributed by atoms with Crippen molar-refractivity contribution in [2.24, 2.45) is 23.7 Å². The fourth-order valence-electron chi connectivity index (χ4n) is 3.97. The fourth-order valence-corrected chi connectivity index (χ4v) is 4.60. The van der Waals surface area contributed by atoms with Gasteiger partial charge in [0.25, 0.3) is 0 Å². The van der Waals surface area contributed by atoms with Crippen molar-refractivity contribution in [3.8, 4) is 0 Å². The third-order valence-electron chi connectivity index (χ3n) is 4.30. The van der Waals surface area contributed by atoms with Crippen LogP contribution in [0.5, 0.6) is 0 Å². The van der Waals surface area contributed by atoms with Gasteiger partial charge in [-0.15, -0.1) is 9.24 Å². The lowest BCUT2D eigenvalue weighted by Crippen LogP contribution is -2.45. The quantitative estimate of drug-likeness (QED) is 0.488. The maximum absolute atomic E-state index is 3.12. The largest absolute Gasteiger partial charge is 0.134 e. The van der Waals surface area contributed by atoms with Crippen LogP contribution in [0.25, 0.3) is 0 Å². The highest BCUT2D eigenvalue weighted by molar-refractivity contribution is 7.17. The van der Waals surface area contributed by atoms with Crippen molar-refractivity contribution < 1.29 is 0 Å². The normalized spacial score (nSPS) is 60.3. The summed E-state index contributed by atoms with van der Waals surface area (Å²) < 4.78 is 0. The lowest BCUT2D eigenvalue weighted by atomic mass is 9.56. The van der Waals surface area contributed by atoms with E-state index in [1.165, 1.54) is 0 Å². The zero-order chi connectivity index (χ0) is 7.42. The van der Waals surface area contributed by atoms with Crippen LogP contribution in [0.15, 0.2) is 0 Å². The van der Waals surface area contributed by atoms with Gasteiger partial charge in [-0.2, -0.15) is 0 Å². The molecule has 0 saturated heterocycles. The first kappa shape index (κ1) is 6.89. The lowest BCUT2D eigenvalue weighted by Gasteiger charge is -2.53. The first-order valence-electron chi connectivity index (χ1n) is 5.08. The molecule has 62 valence electrons. The van der Waals surface area contributed by atoms with Gasteiger partial charge in [0.1, 0.15) is 0 Å². The minimum atomic E-state index is 1.00. The summed E-state index contributed by atoms with van der Waals surface area (Å²) in [6.07, 6.45) is 7.87. The SMILES string of the molecule is PC1C2CC3CC(C2)CC1C3. The van der Waals surface area contributed by atoms with Crippen molar-refractivity contribution in [3.05, 3.63) is 0 Å². The fraction of sp³-hybridized carbons (Fsp3) is 1.00. The maximum atomic E-state index is 3.12. The first-order chi connectivity index (χ1) is 5.33. The highest BCUT2D eigenvalue weighted by Crippen LogP contribution is 2.55. The molecule has 1 heteroatoms. The van der Waals surface area contributed by atoms with Gasteiger partial charge in [0.05, 0.1) is 0 Å². The summed E-state index contributed by atoms with van der Waals surface area (Å²) in [5.74, 6) is 4.51. The first-order valence-corrected chi connectivity index (χ1v) is 5.75. The minimum absolute atomic E-state index is 1.00. The zero-order valence-corrected chi connectivity index (χ0v) is 8.15. The van der Waals surface area contributed by atoms with Crippen LogP contribution < -0.4 is 0 Å². The van der Waals surface area contributed by atoms with Crippen molar-refractivity contribution in [2.45, 2.75) is 37.8 Å². The molecule has 4 aliphatic rings. The van der Waals surface area contributed by atoms with Gasteiger partial charge in [-0.3, -0.25) is 0 Å². The summed E-state index contributed by atoms with van der Waals surface area (Å²) in [6.45, 7) is 0. The Hall–Kier alpha value is 0.430. The van der Waals surface area contributed by atoms with E-state index in [4.69, 9.17) is 0 Å². The van der Waals surface area contributed by atoms with Gasteiger partial charge in [0.2, 0.25) is 0 Å². The molecular weight excluding hydrogens is 151 g/mol. The summed E-state index contributed by atoms with van der Waals surface area (Å²) in [7, 11) is 3.12. The number of hydrogen-bond acceptors (Lipinski definition) is 0. The van der Waals surface area contributed by atoms with Gasteiger partial charge in [-0.25, -0.2) is 0 Å². The van der Waals surface area contributed by atoms with E-state index in [-0.39, 0.29) is 0 Å². The molecule has 0 amide bonds. The third kappa shape index (κ3) is 0.917. The van der Waals surface area contributed by atoms with Crippen LogP contribution in [0.4, 0.5) is 0 Å². The average molecular weight is 168 g/mol. The summed E-state index contributed by atoms with van der Waals surface area (Å²) >= 11 is 0. The van der Waals surface area contributed by atoms with E-state index < -0.39 is 0 Å². The van der Waals surface area contributed by atoms with Crippen LogP contribution in [-0.2, 0) is 0 Å². The average Bonchev–Trinajstić information content (AvgIpc) is 1.98. The molecule has 0 radical (unpaired) electrons. The Kier molecular flexibility index (Phi) is 1.39. The second-order valence-corrected chi connectivity index (χ2v) is 5.78. The van der Waals surface area contributed by atoms with Gasteiger partial charge in [0.15, 0.2) is 0 Å². The molecule has 11 heavy (non-hydrogen) atoms. The molecule has 0 aromatic heterocycles. The van der Waals surface area contributed by atoms with Crippen molar-refractivity contribution in [2.75, 3.05) is 0 Å². The maximum Gasteiger partial charge on any atom is -0.0207 e. The van der Waals surface area contributed by atoms with Crippen LogP contribution in [0, 0.1) is 23.7 Å². The molecule has 4 aliphatic carbocycles. The Balaban J connectivity index is 1.91. The van der Waals surface area contributed by atoms with Crippen LogP contribution in [0.2, 0.25) is 0 Å². The second kappa shape index (κ2) is 2.22. The van der Waals surface area contributed by atoms with Crippen molar-refractivity contribution in [1.82, 2.24) is 0 Å². The molecule has 0 aliphatic heterocycles. The van der Waals surface area contributed by atoms with E-state index in [2.05, 4.69) is 9.24 Å². The van der Waals surface area contributed by atoms with E-state index >= 15 is 0 Å². The Morgan fingerprint density at radius 2 is 1.18 bits per heavy atom. The van der Waals surface area contributed by atoms with Gasteiger partial charge in [-0.1, -0.05) is 0 Å². The topological polar surface area (TPSA) is 0 Å². The van der Waals surface area contributed by atoms with E-state index in [9.17, 15) is 0 Å². The Labute approximate surface area is 71.3 Å².